The number of amides is 1. The summed E-state index contributed by atoms with van der Waals surface area (Å²) in [6, 6.07) is 12.6. The molecule has 1 unspecified atom stereocenters. The molecule has 0 aliphatic heterocycles. The number of allylic oxidation sites excluding steroid dienone is 2. The zero-order valence-corrected chi connectivity index (χ0v) is 16.0. The quantitative estimate of drug-likeness (QED) is 0.521. The highest BCUT2D eigenvalue weighted by atomic mass is 35.5. The van der Waals surface area contributed by atoms with Gasteiger partial charge in [0, 0.05) is 23.9 Å². The van der Waals surface area contributed by atoms with E-state index in [0.717, 1.165) is 22.6 Å². The first-order valence-electron chi connectivity index (χ1n) is 9.25. The van der Waals surface area contributed by atoms with Crippen molar-refractivity contribution in [2.75, 3.05) is 6.54 Å². The van der Waals surface area contributed by atoms with Crippen LogP contribution in [-0.2, 0) is 11.2 Å². The van der Waals surface area contributed by atoms with E-state index in [0.29, 0.717) is 30.9 Å². The van der Waals surface area contributed by atoms with Crippen molar-refractivity contribution in [3.8, 4) is 11.5 Å². The van der Waals surface area contributed by atoms with Gasteiger partial charge in [0.25, 0.3) is 5.91 Å². The molecule has 0 heterocycles. The minimum Gasteiger partial charge on any atom is -0.504 e. The van der Waals surface area contributed by atoms with Gasteiger partial charge in [-0.2, -0.15) is 0 Å². The van der Waals surface area contributed by atoms with E-state index in [1.165, 1.54) is 23.3 Å². The topological polar surface area (TPSA) is 69.6 Å². The summed E-state index contributed by atoms with van der Waals surface area (Å²) < 4.78 is 0. The molecule has 0 aromatic heterocycles. The predicted molar refractivity (Wildman–Crippen MR) is 109 cm³/mol. The Morgan fingerprint density at radius 2 is 1.93 bits per heavy atom. The van der Waals surface area contributed by atoms with Crippen molar-refractivity contribution < 1.29 is 15.0 Å². The SMILES string of the molecule is O=C(NCCc1ccc(O)c(O)c1)C1=C=C2CC(c3ccc(Cl)cc3)C2=CC1. The average molecular weight is 394 g/mol. The van der Waals surface area contributed by atoms with Gasteiger partial charge in [-0.05, 0) is 59.4 Å². The summed E-state index contributed by atoms with van der Waals surface area (Å²) in [5, 5.41) is 22.5. The van der Waals surface area contributed by atoms with Crippen LogP contribution in [0.25, 0.3) is 0 Å². The molecule has 1 saturated carbocycles. The standard InChI is InChI=1S/C23H20ClNO3/c24-18-5-2-15(3-6-18)20-13-17-12-16(4-7-19(17)20)23(28)25-10-9-14-1-8-21(26)22(27)11-14/h1-3,5-8,11,20,26-27H,4,9-10,13H2,(H,25,28). The molecule has 2 aliphatic rings. The molecule has 2 aliphatic carbocycles. The molecule has 1 fully saturated rings. The van der Waals surface area contributed by atoms with Gasteiger partial charge in [-0.15, -0.1) is 5.73 Å². The fourth-order valence-corrected chi connectivity index (χ4v) is 3.76. The summed E-state index contributed by atoms with van der Waals surface area (Å²) >= 11 is 5.96. The Morgan fingerprint density at radius 1 is 1.14 bits per heavy atom. The van der Waals surface area contributed by atoms with Gasteiger partial charge in [0.1, 0.15) is 0 Å². The Balaban J connectivity index is 1.35. The van der Waals surface area contributed by atoms with Crippen LogP contribution in [0.2, 0.25) is 5.02 Å². The van der Waals surface area contributed by atoms with Crippen molar-refractivity contribution in [2.45, 2.75) is 25.2 Å². The number of phenolic OH excluding ortho intramolecular Hbond substituents is 2. The molecule has 1 amide bonds. The van der Waals surface area contributed by atoms with Crippen LogP contribution in [-0.4, -0.2) is 22.7 Å². The molecule has 4 nitrogen and oxygen atoms in total. The molecule has 3 N–H and O–H groups in total. The number of fused-ring (bicyclic) bond motifs is 1. The van der Waals surface area contributed by atoms with Crippen molar-refractivity contribution in [1.82, 2.24) is 5.32 Å². The maximum atomic E-state index is 12.4. The maximum absolute atomic E-state index is 12.4. The van der Waals surface area contributed by atoms with Crippen LogP contribution in [0.3, 0.4) is 0 Å². The third-order valence-corrected chi connectivity index (χ3v) is 5.50. The predicted octanol–water partition coefficient (Wildman–Crippen LogP) is 4.38. The molecule has 0 bridgehead atoms. The van der Waals surface area contributed by atoms with Gasteiger partial charge in [-0.1, -0.05) is 35.9 Å². The number of nitrogens with one attached hydrogen (secondary N) is 1. The molecular formula is C23H20ClNO3. The number of aromatic hydroxyl groups is 2. The Kier molecular flexibility index (Phi) is 4.99. The summed E-state index contributed by atoms with van der Waals surface area (Å²) in [7, 11) is 0. The number of hydrogen-bond donors (Lipinski definition) is 3. The first kappa shape index (κ1) is 18.4. The molecule has 28 heavy (non-hydrogen) atoms. The number of carbonyl (C=O) groups is 1. The highest BCUT2D eigenvalue weighted by molar-refractivity contribution is 6.30. The summed E-state index contributed by atoms with van der Waals surface area (Å²) in [6.45, 7) is 0.452. The van der Waals surface area contributed by atoms with Crippen LogP contribution in [0.4, 0.5) is 0 Å². The molecule has 4 rings (SSSR count). The van der Waals surface area contributed by atoms with Gasteiger partial charge in [0.2, 0.25) is 0 Å². The molecule has 2 aromatic carbocycles. The monoisotopic (exact) mass is 393 g/mol. The average Bonchev–Trinajstić information content (AvgIpc) is 2.67. The number of hydrogen-bond acceptors (Lipinski definition) is 3. The zero-order chi connectivity index (χ0) is 19.7. The molecule has 142 valence electrons. The first-order valence-corrected chi connectivity index (χ1v) is 9.62. The largest absolute Gasteiger partial charge is 0.504 e. The van der Waals surface area contributed by atoms with Crippen molar-refractivity contribution >= 4 is 17.5 Å². The molecule has 0 spiro atoms. The van der Waals surface area contributed by atoms with Crippen LogP contribution in [0, 0.1) is 0 Å². The van der Waals surface area contributed by atoms with E-state index in [1.54, 1.807) is 6.07 Å². The fourth-order valence-electron chi connectivity index (χ4n) is 3.64. The molecule has 1 atom stereocenters. The normalized spacial score (nSPS) is 17.6. The van der Waals surface area contributed by atoms with Crippen LogP contribution in [0.15, 0.2) is 71.0 Å². The van der Waals surface area contributed by atoms with Crippen molar-refractivity contribution in [1.29, 1.82) is 0 Å². The van der Waals surface area contributed by atoms with E-state index >= 15 is 0 Å². The van der Waals surface area contributed by atoms with Crippen molar-refractivity contribution in [3.05, 3.63) is 87.1 Å². The lowest BCUT2D eigenvalue weighted by Gasteiger charge is -2.34. The van der Waals surface area contributed by atoms with Crippen LogP contribution < -0.4 is 5.32 Å². The second-order valence-electron chi connectivity index (χ2n) is 7.08. The third-order valence-electron chi connectivity index (χ3n) is 5.25. The van der Waals surface area contributed by atoms with Crippen molar-refractivity contribution in [2.24, 2.45) is 0 Å². The minimum atomic E-state index is -0.151. The number of carbonyl (C=O) groups excluding carboxylic acids is 1. The van der Waals surface area contributed by atoms with Crippen LogP contribution >= 0.6 is 11.6 Å². The maximum Gasteiger partial charge on any atom is 0.255 e. The summed E-state index contributed by atoms with van der Waals surface area (Å²) in [4.78, 5) is 12.4. The van der Waals surface area contributed by atoms with Gasteiger partial charge < -0.3 is 15.5 Å². The van der Waals surface area contributed by atoms with E-state index < -0.39 is 0 Å². The number of benzene rings is 2. The lowest BCUT2D eigenvalue weighted by molar-refractivity contribution is -0.117. The van der Waals surface area contributed by atoms with Gasteiger partial charge in [-0.25, -0.2) is 0 Å². The molecular weight excluding hydrogens is 374 g/mol. The fraction of sp³-hybridized carbons (Fsp3) is 0.217. The van der Waals surface area contributed by atoms with Crippen LogP contribution in [0.1, 0.15) is 29.9 Å². The Hall–Kier alpha value is -2.94. The molecule has 5 heteroatoms. The Morgan fingerprint density at radius 3 is 2.64 bits per heavy atom. The number of phenols is 2. The molecule has 2 aromatic rings. The van der Waals surface area contributed by atoms with E-state index in [2.05, 4.69) is 29.3 Å². The lowest BCUT2D eigenvalue weighted by atomic mass is 9.69. The van der Waals surface area contributed by atoms with E-state index in [4.69, 9.17) is 11.6 Å². The first-order chi connectivity index (χ1) is 13.5. The second-order valence-corrected chi connectivity index (χ2v) is 7.52. The van der Waals surface area contributed by atoms with Gasteiger partial charge in [-0.3, -0.25) is 4.79 Å². The summed E-state index contributed by atoms with van der Waals surface area (Å²) in [5.41, 5.74) is 8.40. The summed E-state index contributed by atoms with van der Waals surface area (Å²) in [5.74, 6) is -0.0412. The van der Waals surface area contributed by atoms with E-state index in [9.17, 15) is 15.0 Å². The van der Waals surface area contributed by atoms with Crippen LogP contribution in [0.5, 0.6) is 11.5 Å². The Bertz CT molecular complexity index is 1030. The highest BCUT2D eigenvalue weighted by Crippen LogP contribution is 2.48. The van der Waals surface area contributed by atoms with Gasteiger partial charge in [0.05, 0.1) is 5.57 Å². The van der Waals surface area contributed by atoms with E-state index in [1.807, 2.05) is 12.1 Å². The smallest absolute Gasteiger partial charge is 0.255 e. The Labute approximate surface area is 168 Å². The lowest BCUT2D eigenvalue weighted by Crippen LogP contribution is -2.28. The third kappa shape index (κ3) is 3.70. The van der Waals surface area contributed by atoms with Gasteiger partial charge in [0.15, 0.2) is 11.5 Å². The van der Waals surface area contributed by atoms with E-state index in [-0.39, 0.29) is 17.4 Å². The molecule has 0 radical (unpaired) electrons. The van der Waals surface area contributed by atoms with Crippen molar-refractivity contribution in [3.63, 3.8) is 0 Å². The number of halogens is 1. The highest BCUT2D eigenvalue weighted by Gasteiger charge is 2.33. The number of rotatable bonds is 5. The van der Waals surface area contributed by atoms with Gasteiger partial charge >= 0.3 is 0 Å². The zero-order valence-electron chi connectivity index (χ0n) is 15.2. The molecule has 0 saturated heterocycles. The second kappa shape index (κ2) is 7.59. The summed E-state index contributed by atoms with van der Waals surface area (Å²) in [6.07, 6.45) is 4.16. The minimum absolute atomic E-state index is 0.110.